The average molecular weight is 216 g/mol. The van der Waals surface area contributed by atoms with E-state index in [2.05, 4.69) is 11.7 Å². The van der Waals surface area contributed by atoms with Crippen molar-refractivity contribution < 1.29 is 9.60 Å². The first-order valence-corrected chi connectivity index (χ1v) is 4.20. The second-order valence-electron chi connectivity index (χ2n) is 2.39. The molecular formula is C10H11ClFNO. The van der Waals surface area contributed by atoms with Gasteiger partial charge in [0.25, 0.3) is 0 Å². The van der Waals surface area contributed by atoms with Crippen LogP contribution in [0.2, 0.25) is 5.02 Å². The molecule has 0 aromatic heterocycles. The fourth-order valence-electron chi connectivity index (χ4n) is 0.501. The number of nitrogens with zero attached hydrogens (tertiary/aromatic N) is 1. The van der Waals surface area contributed by atoms with Crippen LogP contribution in [0.4, 0.5) is 4.39 Å². The number of hydrogen-bond donors (Lipinski definition) is 1. The molecule has 0 saturated heterocycles. The molecule has 14 heavy (non-hydrogen) atoms. The molecule has 0 spiro atoms. The van der Waals surface area contributed by atoms with Crippen LogP contribution in [-0.2, 0) is 0 Å². The van der Waals surface area contributed by atoms with E-state index in [1.165, 1.54) is 18.2 Å². The third-order valence-corrected chi connectivity index (χ3v) is 1.47. The van der Waals surface area contributed by atoms with Crippen LogP contribution >= 0.6 is 11.6 Å². The first-order chi connectivity index (χ1) is 6.60. The molecule has 0 bridgehead atoms. The molecule has 0 fully saturated rings. The lowest BCUT2D eigenvalue weighted by molar-refractivity contribution is 0.319. The van der Waals surface area contributed by atoms with Gasteiger partial charge >= 0.3 is 0 Å². The van der Waals surface area contributed by atoms with E-state index in [0.29, 0.717) is 10.7 Å². The molecule has 0 heterocycles. The molecule has 0 aliphatic heterocycles. The molecule has 0 unspecified atom stereocenters. The molecule has 0 aliphatic carbocycles. The molecule has 1 aromatic rings. The van der Waals surface area contributed by atoms with E-state index in [4.69, 9.17) is 16.8 Å². The van der Waals surface area contributed by atoms with Crippen molar-refractivity contribution in [1.82, 2.24) is 0 Å². The molecule has 0 saturated carbocycles. The van der Waals surface area contributed by atoms with Gasteiger partial charge in [0.1, 0.15) is 5.82 Å². The van der Waals surface area contributed by atoms with Gasteiger partial charge in [-0.2, -0.15) is 0 Å². The summed E-state index contributed by atoms with van der Waals surface area (Å²) in [5.74, 6) is -0.294. The molecule has 76 valence electrons. The molecule has 2 nitrogen and oxygen atoms in total. The van der Waals surface area contributed by atoms with E-state index < -0.39 is 0 Å². The second kappa shape index (κ2) is 7.09. The quantitative estimate of drug-likeness (QED) is 0.434. The van der Waals surface area contributed by atoms with Crippen molar-refractivity contribution in [2.45, 2.75) is 6.92 Å². The van der Waals surface area contributed by atoms with Crippen LogP contribution in [0.25, 0.3) is 0 Å². The van der Waals surface area contributed by atoms with Crippen molar-refractivity contribution in [3.63, 3.8) is 0 Å². The van der Waals surface area contributed by atoms with Crippen LogP contribution in [0, 0.1) is 5.82 Å². The summed E-state index contributed by atoms with van der Waals surface area (Å²) in [7, 11) is 0. The summed E-state index contributed by atoms with van der Waals surface area (Å²) >= 11 is 5.40. The Kier molecular flexibility index (Phi) is 6.41. The number of rotatable bonds is 1. The zero-order valence-corrected chi connectivity index (χ0v) is 8.50. The van der Waals surface area contributed by atoms with Crippen LogP contribution in [0.1, 0.15) is 6.92 Å². The minimum atomic E-state index is -0.294. The number of oxime groups is 1. The summed E-state index contributed by atoms with van der Waals surface area (Å²) in [4.78, 5) is 0. The largest absolute Gasteiger partial charge is 0.411 e. The van der Waals surface area contributed by atoms with E-state index in [-0.39, 0.29) is 5.82 Å². The zero-order valence-electron chi connectivity index (χ0n) is 7.74. The minimum absolute atomic E-state index is 0.294. The van der Waals surface area contributed by atoms with E-state index >= 15 is 0 Å². The topological polar surface area (TPSA) is 32.6 Å². The van der Waals surface area contributed by atoms with Gasteiger partial charge in [-0.15, -0.1) is 0 Å². The maximum absolute atomic E-state index is 12.1. The molecular weight excluding hydrogens is 205 g/mol. The highest BCUT2D eigenvalue weighted by Gasteiger charge is 1.86. The number of allylic oxidation sites excluding steroid dienone is 1. The summed E-state index contributed by atoms with van der Waals surface area (Å²) < 4.78 is 12.1. The van der Waals surface area contributed by atoms with Crippen molar-refractivity contribution >= 4 is 17.3 Å². The smallest absolute Gasteiger partial charge is 0.124 e. The monoisotopic (exact) mass is 215 g/mol. The van der Waals surface area contributed by atoms with Gasteiger partial charge in [-0.25, -0.2) is 4.39 Å². The Morgan fingerprint density at radius 3 is 2.50 bits per heavy atom. The number of benzene rings is 1. The van der Waals surface area contributed by atoms with Gasteiger partial charge in [0.15, 0.2) is 0 Å². The highest BCUT2D eigenvalue weighted by Crippen LogP contribution is 2.07. The Balaban J connectivity index is 0.000000255. The van der Waals surface area contributed by atoms with Gasteiger partial charge in [-0.3, -0.25) is 0 Å². The van der Waals surface area contributed by atoms with Crippen LogP contribution in [0.3, 0.4) is 0 Å². The van der Waals surface area contributed by atoms with Gasteiger partial charge in [0, 0.05) is 5.02 Å². The van der Waals surface area contributed by atoms with Crippen LogP contribution in [-0.4, -0.2) is 10.9 Å². The Bertz CT molecular complexity index is 308. The first-order valence-electron chi connectivity index (χ1n) is 3.82. The van der Waals surface area contributed by atoms with Crippen molar-refractivity contribution in [2.24, 2.45) is 5.16 Å². The molecule has 0 radical (unpaired) electrons. The van der Waals surface area contributed by atoms with Gasteiger partial charge < -0.3 is 5.21 Å². The maximum Gasteiger partial charge on any atom is 0.124 e. The van der Waals surface area contributed by atoms with E-state index in [1.807, 2.05) is 0 Å². The van der Waals surface area contributed by atoms with Crippen molar-refractivity contribution in [1.29, 1.82) is 0 Å². The lowest BCUT2D eigenvalue weighted by Gasteiger charge is -1.85. The van der Waals surface area contributed by atoms with Gasteiger partial charge in [-0.05, 0) is 31.2 Å². The maximum atomic E-state index is 12.1. The molecule has 0 atom stereocenters. The summed E-state index contributed by atoms with van der Waals surface area (Å²) in [6, 6.07) is 5.82. The highest BCUT2D eigenvalue weighted by molar-refractivity contribution is 6.30. The Hall–Kier alpha value is -1.35. The third-order valence-electron chi connectivity index (χ3n) is 1.24. The third kappa shape index (κ3) is 6.20. The van der Waals surface area contributed by atoms with Gasteiger partial charge in [0.2, 0.25) is 0 Å². The predicted octanol–water partition coefficient (Wildman–Crippen LogP) is 3.50. The average Bonchev–Trinajstić information content (AvgIpc) is 2.17. The second-order valence-corrected chi connectivity index (χ2v) is 2.82. The zero-order chi connectivity index (χ0) is 11.0. The first kappa shape index (κ1) is 12.7. The molecule has 1 N–H and O–H groups in total. The standard InChI is InChI=1S/C6H4ClF.C4H7NO/c7-5-2-1-3-6(8)4-5;1-3-4(2)5-6/h1-4H;3,6H,1H2,2H3. The van der Waals surface area contributed by atoms with E-state index in [9.17, 15) is 4.39 Å². The van der Waals surface area contributed by atoms with Crippen molar-refractivity contribution in [3.05, 3.63) is 47.8 Å². The lowest BCUT2D eigenvalue weighted by Crippen LogP contribution is -1.78. The number of halogens is 2. The summed E-state index contributed by atoms with van der Waals surface area (Å²) in [5, 5.41) is 11.1. The molecule has 1 rings (SSSR count). The van der Waals surface area contributed by atoms with Gasteiger partial charge in [-0.1, -0.05) is 29.4 Å². The predicted molar refractivity (Wildman–Crippen MR) is 56.5 cm³/mol. The Morgan fingerprint density at radius 2 is 2.29 bits per heavy atom. The molecule has 0 aliphatic rings. The molecule has 1 aromatic carbocycles. The van der Waals surface area contributed by atoms with E-state index in [1.54, 1.807) is 19.1 Å². The van der Waals surface area contributed by atoms with Crippen LogP contribution in [0.15, 0.2) is 42.1 Å². The summed E-state index contributed by atoms with van der Waals surface area (Å²) in [6.07, 6.45) is 1.47. The lowest BCUT2D eigenvalue weighted by atomic mass is 10.4. The highest BCUT2D eigenvalue weighted by atomic mass is 35.5. The van der Waals surface area contributed by atoms with Gasteiger partial charge in [0.05, 0.1) is 5.71 Å². The fraction of sp³-hybridized carbons (Fsp3) is 0.100. The van der Waals surface area contributed by atoms with E-state index in [0.717, 1.165) is 0 Å². The SMILES string of the molecule is C=CC(C)=NO.Fc1cccc(Cl)c1. The Morgan fingerprint density at radius 1 is 1.64 bits per heavy atom. The molecule has 4 heteroatoms. The van der Waals surface area contributed by atoms with Crippen molar-refractivity contribution in [2.75, 3.05) is 0 Å². The summed E-state index contributed by atoms with van der Waals surface area (Å²) in [5.41, 5.74) is 0.537. The fourth-order valence-corrected chi connectivity index (χ4v) is 0.678. The summed E-state index contributed by atoms with van der Waals surface area (Å²) in [6.45, 7) is 5.00. The molecule has 0 amide bonds. The van der Waals surface area contributed by atoms with Crippen LogP contribution < -0.4 is 0 Å². The number of hydrogen-bond acceptors (Lipinski definition) is 2. The van der Waals surface area contributed by atoms with Crippen LogP contribution in [0.5, 0.6) is 0 Å². The Labute approximate surface area is 87.3 Å². The minimum Gasteiger partial charge on any atom is -0.411 e. The normalized spacial score (nSPS) is 10.1. The van der Waals surface area contributed by atoms with Crippen molar-refractivity contribution in [3.8, 4) is 0 Å².